The van der Waals surface area contributed by atoms with Crippen LogP contribution in [0.3, 0.4) is 0 Å². The minimum Gasteiger partial charge on any atom is -0.297 e. The van der Waals surface area contributed by atoms with Gasteiger partial charge in [-0.2, -0.15) is 0 Å². The highest BCUT2D eigenvalue weighted by Crippen LogP contribution is 2.44. The summed E-state index contributed by atoms with van der Waals surface area (Å²) in [4.78, 5) is 31.3. The fourth-order valence-corrected chi connectivity index (χ4v) is 4.63. The highest BCUT2D eigenvalue weighted by Gasteiger charge is 2.59. The summed E-state index contributed by atoms with van der Waals surface area (Å²) in [6, 6.07) is 38.4. The summed E-state index contributed by atoms with van der Waals surface area (Å²) < 4.78 is 0. The molecule has 0 aromatic heterocycles. The van der Waals surface area contributed by atoms with Crippen LogP contribution in [0.1, 0.15) is 22.3 Å². The van der Waals surface area contributed by atoms with Gasteiger partial charge in [0.25, 0.3) is 5.91 Å². The fourth-order valence-electron chi connectivity index (χ4n) is 4.63. The number of nitrogens with zero attached hydrogens (tertiary/aromatic N) is 2. The maximum atomic E-state index is 14.3. The third kappa shape index (κ3) is 3.60. The zero-order chi connectivity index (χ0) is 22.7. The number of benzene rings is 4. The Bertz CT molecular complexity index is 1200. The molecule has 0 spiro atoms. The minimum atomic E-state index is -1.25. The average Bonchev–Trinajstić information content (AvgIpc) is 3.08. The van der Waals surface area contributed by atoms with E-state index in [0.29, 0.717) is 6.54 Å². The summed E-state index contributed by atoms with van der Waals surface area (Å²) in [6.45, 7) is 0.547. The van der Waals surface area contributed by atoms with Gasteiger partial charge in [-0.3, -0.25) is 14.6 Å². The van der Waals surface area contributed by atoms with E-state index in [2.05, 4.69) is 0 Å². The van der Waals surface area contributed by atoms with Crippen molar-refractivity contribution in [1.82, 2.24) is 9.80 Å². The van der Waals surface area contributed by atoms with Gasteiger partial charge in [-0.15, -0.1) is 0 Å². The molecule has 0 saturated carbocycles. The predicted molar refractivity (Wildman–Crippen MR) is 128 cm³/mol. The van der Waals surface area contributed by atoms with Crippen molar-refractivity contribution in [3.05, 3.63) is 144 Å². The lowest BCUT2D eigenvalue weighted by molar-refractivity contribution is -0.132. The summed E-state index contributed by atoms with van der Waals surface area (Å²) in [7, 11) is 0. The van der Waals surface area contributed by atoms with Crippen LogP contribution in [0.25, 0.3) is 0 Å². The summed E-state index contributed by atoms with van der Waals surface area (Å²) >= 11 is 0. The molecule has 1 saturated heterocycles. The Morgan fingerprint density at radius 1 is 0.515 bits per heavy atom. The molecule has 1 aliphatic heterocycles. The standard InChI is InChI=1S/C29H24N2O2/c32-27-29(25-17-9-3-10-18-25,26-19-11-4-12-20-26)31(22-24-15-7-2-8-16-24)28(33)30(27)21-23-13-5-1-6-14-23/h1-20H,21-22H2. The van der Waals surface area contributed by atoms with E-state index < -0.39 is 5.54 Å². The maximum absolute atomic E-state index is 14.3. The molecule has 0 N–H and O–H groups in total. The Labute approximate surface area is 193 Å². The van der Waals surface area contributed by atoms with Crippen molar-refractivity contribution in [2.75, 3.05) is 0 Å². The second-order valence-corrected chi connectivity index (χ2v) is 8.17. The number of hydrogen-bond donors (Lipinski definition) is 0. The molecule has 4 nitrogen and oxygen atoms in total. The predicted octanol–water partition coefficient (Wildman–Crippen LogP) is 5.59. The summed E-state index contributed by atoms with van der Waals surface area (Å²) in [5.41, 5.74) is 2.19. The molecule has 0 unspecified atom stereocenters. The van der Waals surface area contributed by atoms with Crippen molar-refractivity contribution in [3.8, 4) is 0 Å². The van der Waals surface area contributed by atoms with E-state index in [-0.39, 0.29) is 18.5 Å². The molecule has 4 heteroatoms. The van der Waals surface area contributed by atoms with E-state index in [4.69, 9.17) is 0 Å². The number of carbonyl (C=O) groups is 2. The lowest BCUT2D eigenvalue weighted by Crippen LogP contribution is -2.47. The maximum Gasteiger partial charge on any atom is 0.328 e. The van der Waals surface area contributed by atoms with Gasteiger partial charge in [-0.1, -0.05) is 121 Å². The number of imide groups is 1. The first-order valence-corrected chi connectivity index (χ1v) is 11.0. The monoisotopic (exact) mass is 432 g/mol. The third-order valence-corrected chi connectivity index (χ3v) is 6.17. The second-order valence-electron chi connectivity index (χ2n) is 8.17. The van der Waals surface area contributed by atoms with E-state index in [1.54, 1.807) is 4.90 Å². The van der Waals surface area contributed by atoms with Crippen molar-refractivity contribution in [2.45, 2.75) is 18.6 Å². The first kappa shape index (κ1) is 20.7. The van der Waals surface area contributed by atoms with E-state index in [9.17, 15) is 9.59 Å². The minimum absolute atomic E-state index is 0.227. The van der Waals surface area contributed by atoms with E-state index in [1.165, 1.54) is 4.90 Å². The van der Waals surface area contributed by atoms with Gasteiger partial charge >= 0.3 is 6.03 Å². The normalized spacial score (nSPS) is 15.2. The van der Waals surface area contributed by atoms with Gasteiger partial charge in [0.15, 0.2) is 5.54 Å². The Hall–Kier alpha value is -4.18. The van der Waals surface area contributed by atoms with Crippen LogP contribution < -0.4 is 0 Å². The van der Waals surface area contributed by atoms with E-state index in [1.807, 2.05) is 121 Å². The van der Waals surface area contributed by atoms with Crippen LogP contribution in [-0.4, -0.2) is 21.7 Å². The van der Waals surface area contributed by atoms with Crippen LogP contribution in [0.4, 0.5) is 4.79 Å². The first-order chi connectivity index (χ1) is 16.2. The van der Waals surface area contributed by atoms with Gasteiger partial charge in [-0.25, -0.2) is 4.79 Å². The Balaban J connectivity index is 1.70. The lowest BCUT2D eigenvalue weighted by Gasteiger charge is -2.36. The van der Waals surface area contributed by atoms with Gasteiger partial charge < -0.3 is 0 Å². The van der Waals surface area contributed by atoms with Crippen molar-refractivity contribution in [2.24, 2.45) is 0 Å². The first-order valence-electron chi connectivity index (χ1n) is 11.0. The van der Waals surface area contributed by atoms with Gasteiger partial charge in [0, 0.05) is 6.54 Å². The molecule has 4 aromatic rings. The van der Waals surface area contributed by atoms with Crippen LogP contribution in [0.5, 0.6) is 0 Å². The SMILES string of the molecule is O=C1N(Cc2ccccc2)C(=O)C(c2ccccc2)(c2ccccc2)N1Cc1ccccc1. The molecule has 162 valence electrons. The van der Waals surface area contributed by atoms with Gasteiger partial charge in [0.05, 0.1) is 6.54 Å². The van der Waals surface area contributed by atoms with Crippen LogP contribution in [0.2, 0.25) is 0 Å². The van der Waals surface area contributed by atoms with Crippen LogP contribution in [0, 0.1) is 0 Å². The quantitative estimate of drug-likeness (QED) is 0.373. The zero-order valence-corrected chi connectivity index (χ0v) is 18.2. The molecule has 1 aliphatic rings. The molecule has 0 bridgehead atoms. The van der Waals surface area contributed by atoms with E-state index in [0.717, 1.165) is 22.3 Å². The van der Waals surface area contributed by atoms with Gasteiger partial charge in [0.2, 0.25) is 0 Å². The van der Waals surface area contributed by atoms with Crippen molar-refractivity contribution in [3.63, 3.8) is 0 Å². The van der Waals surface area contributed by atoms with Crippen LogP contribution in [-0.2, 0) is 23.4 Å². The highest BCUT2D eigenvalue weighted by atomic mass is 16.2. The lowest BCUT2D eigenvalue weighted by atomic mass is 9.81. The Kier molecular flexibility index (Phi) is 5.49. The number of urea groups is 1. The van der Waals surface area contributed by atoms with Crippen molar-refractivity contribution >= 4 is 11.9 Å². The molecule has 4 aromatic carbocycles. The fraction of sp³-hybridized carbons (Fsp3) is 0.103. The Morgan fingerprint density at radius 2 is 0.909 bits per heavy atom. The molecular weight excluding hydrogens is 408 g/mol. The van der Waals surface area contributed by atoms with Crippen molar-refractivity contribution in [1.29, 1.82) is 0 Å². The largest absolute Gasteiger partial charge is 0.328 e. The summed E-state index contributed by atoms with van der Waals surface area (Å²) in [5.74, 6) is -0.232. The van der Waals surface area contributed by atoms with E-state index >= 15 is 0 Å². The number of hydrogen-bond acceptors (Lipinski definition) is 2. The molecule has 0 atom stereocenters. The smallest absolute Gasteiger partial charge is 0.297 e. The number of carbonyl (C=O) groups excluding carboxylic acids is 2. The molecule has 1 heterocycles. The molecule has 0 aliphatic carbocycles. The number of rotatable bonds is 6. The molecule has 0 radical (unpaired) electrons. The summed E-state index contributed by atoms with van der Waals surface area (Å²) in [6.07, 6.45) is 0. The molecule has 3 amide bonds. The second kappa shape index (κ2) is 8.75. The molecule has 33 heavy (non-hydrogen) atoms. The van der Waals surface area contributed by atoms with Crippen LogP contribution in [0.15, 0.2) is 121 Å². The Morgan fingerprint density at radius 3 is 1.36 bits per heavy atom. The molecule has 1 fully saturated rings. The topological polar surface area (TPSA) is 40.6 Å². The number of amides is 3. The highest BCUT2D eigenvalue weighted by molar-refractivity contribution is 6.09. The molecular formula is C29H24N2O2. The average molecular weight is 433 g/mol. The van der Waals surface area contributed by atoms with Gasteiger partial charge in [0.1, 0.15) is 0 Å². The summed E-state index contributed by atoms with van der Waals surface area (Å²) in [5, 5.41) is 0. The van der Waals surface area contributed by atoms with Crippen molar-refractivity contribution < 1.29 is 9.59 Å². The van der Waals surface area contributed by atoms with Gasteiger partial charge in [-0.05, 0) is 22.3 Å². The molecule has 5 rings (SSSR count). The zero-order valence-electron chi connectivity index (χ0n) is 18.2. The van der Waals surface area contributed by atoms with Crippen LogP contribution >= 0.6 is 0 Å². The third-order valence-electron chi connectivity index (χ3n) is 6.17.